The van der Waals surface area contributed by atoms with Crippen LogP contribution in [0.4, 0.5) is 0 Å². The average Bonchev–Trinajstić information content (AvgIpc) is 3.16. The maximum atomic E-state index is 2.38. The largest absolute Gasteiger partial charge is 0.0616 e. The van der Waals surface area contributed by atoms with Crippen LogP contribution in [0.15, 0.2) is 182 Å². The standard InChI is InChI=1S/C48H30/c1-2-13-34-29-36(26-21-31(34)11-1)47-41-17-7-9-19-43(41)48(44-20-10-8-18-42(44)47)45-28-27-38(39-15-5-6-16-40(39)45)35-25-24-33-23-22-32-12-3-4-14-37(32)46(33)30-35/h1-30H. The molecule has 10 rings (SSSR count). The van der Waals surface area contributed by atoms with Gasteiger partial charge in [0.15, 0.2) is 0 Å². The first-order chi connectivity index (χ1) is 23.8. The summed E-state index contributed by atoms with van der Waals surface area (Å²) >= 11 is 0. The van der Waals surface area contributed by atoms with Crippen LogP contribution < -0.4 is 0 Å². The van der Waals surface area contributed by atoms with Crippen molar-refractivity contribution < 1.29 is 0 Å². The summed E-state index contributed by atoms with van der Waals surface area (Å²) in [5.41, 5.74) is 7.58. The topological polar surface area (TPSA) is 0 Å². The van der Waals surface area contributed by atoms with Gasteiger partial charge in [-0.25, -0.2) is 0 Å². The van der Waals surface area contributed by atoms with Gasteiger partial charge in [-0.1, -0.05) is 170 Å². The third-order valence-electron chi connectivity index (χ3n) is 10.2. The van der Waals surface area contributed by atoms with Gasteiger partial charge in [0.25, 0.3) is 0 Å². The predicted octanol–water partition coefficient (Wildman–Crippen LogP) is 13.6. The molecule has 0 aliphatic rings. The second-order valence-electron chi connectivity index (χ2n) is 12.8. The van der Waals surface area contributed by atoms with Crippen LogP contribution in [0.3, 0.4) is 0 Å². The maximum absolute atomic E-state index is 2.38. The summed E-state index contributed by atoms with van der Waals surface area (Å²) in [6.07, 6.45) is 0. The van der Waals surface area contributed by atoms with E-state index >= 15 is 0 Å². The average molecular weight is 607 g/mol. The molecule has 0 saturated heterocycles. The molecule has 0 bridgehead atoms. The molecule has 10 aromatic carbocycles. The summed E-state index contributed by atoms with van der Waals surface area (Å²) in [6, 6.07) is 67.1. The highest BCUT2D eigenvalue weighted by molar-refractivity contribution is 6.24. The molecule has 0 radical (unpaired) electrons. The SMILES string of the molecule is c1ccc2cc(-c3c4ccccc4c(-c4ccc(-c5ccc6ccc7ccccc7c6c5)c5ccccc45)c4ccccc34)ccc2c1. The summed E-state index contributed by atoms with van der Waals surface area (Å²) in [7, 11) is 0. The van der Waals surface area contributed by atoms with Crippen LogP contribution in [0.1, 0.15) is 0 Å². The van der Waals surface area contributed by atoms with Crippen molar-refractivity contribution in [2.75, 3.05) is 0 Å². The van der Waals surface area contributed by atoms with Crippen molar-refractivity contribution in [1.29, 1.82) is 0 Å². The number of hydrogen-bond donors (Lipinski definition) is 0. The maximum Gasteiger partial charge on any atom is -0.00201 e. The number of hydrogen-bond acceptors (Lipinski definition) is 0. The Morgan fingerprint density at radius 3 is 1.33 bits per heavy atom. The first kappa shape index (κ1) is 26.9. The van der Waals surface area contributed by atoms with E-state index in [9.17, 15) is 0 Å². The van der Waals surface area contributed by atoms with E-state index in [-0.39, 0.29) is 0 Å². The first-order valence-electron chi connectivity index (χ1n) is 16.7. The van der Waals surface area contributed by atoms with Gasteiger partial charge in [-0.3, -0.25) is 0 Å². The Labute approximate surface area is 279 Å². The second kappa shape index (κ2) is 10.7. The molecule has 0 nitrogen and oxygen atoms in total. The molecule has 0 atom stereocenters. The quantitative estimate of drug-likeness (QED) is 0.139. The Morgan fingerprint density at radius 2 is 0.646 bits per heavy atom. The molecular weight excluding hydrogens is 577 g/mol. The van der Waals surface area contributed by atoms with E-state index in [1.165, 1.54) is 98.0 Å². The molecule has 0 amide bonds. The van der Waals surface area contributed by atoms with E-state index in [4.69, 9.17) is 0 Å². The van der Waals surface area contributed by atoms with E-state index in [1.54, 1.807) is 0 Å². The van der Waals surface area contributed by atoms with E-state index < -0.39 is 0 Å². The Balaban J connectivity index is 1.24. The molecule has 0 spiro atoms. The molecule has 0 unspecified atom stereocenters. The summed E-state index contributed by atoms with van der Waals surface area (Å²) < 4.78 is 0. The van der Waals surface area contributed by atoms with Crippen LogP contribution >= 0.6 is 0 Å². The van der Waals surface area contributed by atoms with Gasteiger partial charge >= 0.3 is 0 Å². The predicted molar refractivity (Wildman–Crippen MR) is 208 cm³/mol. The molecule has 0 saturated carbocycles. The highest BCUT2D eigenvalue weighted by atomic mass is 14.2. The van der Waals surface area contributed by atoms with E-state index in [1.807, 2.05) is 0 Å². The van der Waals surface area contributed by atoms with Crippen molar-refractivity contribution in [2.24, 2.45) is 0 Å². The summed E-state index contributed by atoms with van der Waals surface area (Å²) in [5.74, 6) is 0. The molecule has 0 fully saturated rings. The number of fused-ring (bicyclic) bond motifs is 7. The minimum atomic E-state index is 1.24. The van der Waals surface area contributed by atoms with Gasteiger partial charge in [0, 0.05) is 0 Å². The monoisotopic (exact) mass is 606 g/mol. The molecule has 10 aromatic rings. The van der Waals surface area contributed by atoms with Gasteiger partial charge in [-0.2, -0.15) is 0 Å². The number of benzene rings is 10. The van der Waals surface area contributed by atoms with Crippen molar-refractivity contribution >= 4 is 64.6 Å². The molecule has 0 heteroatoms. The van der Waals surface area contributed by atoms with Gasteiger partial charge in [0.1, 0.15) is 0 Å². The fourth-order valence-corrected chi connectivity index (χ4v) is 8.01. The molecule has 0 heterocycles. The van der Waals surface area contributed by atoms with Crippen LogP contribution in [0.5, 0.6) is 0 Å². The molecule has 0 aliphatic carbocycles. The van der Waals surface area contributed by atoms with Gasteiger partial charge in [-0.05, 0) is 110 Å². The fraction of sp³-hybridized carbons (Fsp3) is 0. The van der Waals surface area contributed by atoms with Crippen molar-refractivity contribution in [1.82, 2.24) is 0 Å². The van der Waals surface area contributed by atoms with E-state index in [2.05, 4.69) is 182 Å². The molecular formula is C48H30. The van der Waals surface area contributed by atoms with Gasteiger partial charge in [0.2, 0.25) is 0 Å². The van der Waals surface area contributed by atoms with Gasteiger partial charge in [0.05, 0.1) is 0 Å². The van der Waals surface area contributed by atoms with E-state index in [0.29, 0.717) is 0 Å². The zero-order valence-electron chi connectivity index (χ0n) is 26.3. The van der Waals surface area contributed by atoms with Crippen molar-refractivity contribution in [2.45, 2.75) is 0 Å². The van der Waals surface area contributed by atoms with Gasteiger partial charge < -0.3 is 0 Å². The summed E-state index contributed by atoms with van der Waals surface area (Å²) in [4.78, 5) is 0. The van der Waals surface area contributed by atoms with Crippen molar-refractivity contribution in [3.8, 4) is 33.4 Å². The molecule has 0 N–H and O–H groups in total. The fourth-order valence-electron chi connectivity index (χ4n) is 8.01. The Morgan fingerprint density at radius 1 is 0.208 bits per heavy atom. The lowest BCUT2D eigenvalue weighted by molar-refractivity contribution is 1.66. The highest BCUT2D eigenvalue weighted by Gasteiger charge is 2.19. The molecule has 0 aliphatic heterocycles. The van der Waals surface area contributed by atoms with Crippen molar-refractivity contribution in [3.63, 3.8) is 0 Å². The van der Waals surface area contributed by atoms with Crippen LogP contribution in [0, 0.1) is 0 Å². The van der Waals surface area contributed by atoms with Gasteiger partial charge in [-0.15, -0.1) is 0 Å². The minimum Gasteiger partial charge on any atom is -0.0616 e. The van der Waals surface area contributed by atoms with E-state index in [0.717, 1.165) is 0 Å². The molecule has 0 aromatic heterocycles. The zero-order chi connectivity index (χ0) is 31.6. The summed E-state index contributed by atoms with van der Waals surface area (Å²) in [5, 5.41) is 15.3. The van der Waals surface area contributed by atoms with Crippen LogP contribution in [0.25, 0.3) is 98.0 Å². The zero-order valence-corrected chi connectivity index (χ0v) is 26.3. The Kier molecular flexibility index (Phi) is 5.98. The highest BCUT2D eigenvalue weighted by Crippen LogP contribution is 2.47. The smallest absolute Gasteiger partial charge is 0.00201 e. The van der Waals surface area contributed by atoms with Crippen LogP contribution in [0.2, 0.25) is 0 Å². The third-order valence-corrected chi connectivity index (χ3v) is 10.2. The summed E-state index contributed by atoms with van der Waals surface area (Å²) in [6.45, 7) is 0. The minimum absolute atomic E-state index is 1.24. The molecule has 48 heavy (non-hydrogen) atoms. The normalized spacial score (nSPS) is 11.8. The first-order valence-corrected chi connectivity index (χ1v) is 16.7. The van der Waals surface area contributed by atoms with Crippen LogP contribution in [-0.4, -0.2) is 0 Å². The lowest BCUT2D eigenvalue weighted by Gasteiger charge is -2.20. The third kappa shape index (κ3) is 4.10. The Bertz CT molecular complexity index is 2830. The molecule has 222 valence electrons. The lowest BCUT2D eigenvalue weighted by Crippen LogP contribution is -1.92. The van der Waals surface area contributed by atoms with Crippen molar-refractivity contribution in [3.05, 3.63) is 182 Å². The Hall–Kier alpha value is -6.24. The lowest BCUT2D eigenvalue weighted by atomic mass is 9.83. The second-order valence-corrected chi connectivity index (χ2v) is 12.8. The number of rotatable bonds is 3. The van der Waals surface area contributed by atoms with Crippen LogP contribution in [-0.2, 0) is 0 Å².